The van der Waals surface area contributed by atoms with Crippen LogP contribution in [0.15, 0.2) is 6.07 Å². The zero-order valence-electron chi connectivity index (χ0n) is 14.2. The highest BCUT2D eigenvalue weighted by molar-refractivity contribution is 6.32. The quantitative estimate of drug-likeness (QED) is 0.839. The summed E-state index contributed by atoms with van der Waals surface area (Å²) in [7, 11) is 3.11. The van der Waals surface area contributed by atoms with Crippen molar-refractivity contribution >= 4 is 17.6 Å². The summed E-state index contributed by atoms with van der Waals surface area (Å²) in [6.07, 6.45) is 4.17. The Kier molecular flexibility index (Phi) is 5.45. The van der Waals surface area contributed by atoms with Crippen molar-refractivity contribution in [3.05, 3.63) is 22.2 Å². The van der Waals surface area contributed by atoms with Crippen LogP contribution < -0.4 is 9.47 Å². The van der Waals surface area contributed by atoms with Gasteiger partial charge in [-0.25, -0.2) is 0 Å². The number of hydrogen-bond acceptors (Lipinski definition) is 3. The van der Waals surface area contributed by atoms with Gasteiger partial charge in [0.1, 0.15) is 0 Å². The lowest BCUT2D eigenvalue weighted by atomic mass is 9.67. The minimum absolute atomic E-state index is 0.101. The molecular formula is C18H25ClO4. The first-order valence-corrected chi connectivity index (χ1v) is 8.45. The average molecular weight is 341 g/mol. The number of rotatable bonds is 5. The number of carbonyl (C=O) groups is 1. The lowest BCUT2D eigenvalue weighted by molar-refractivity contribution is -0.145. The summed E-state index contributed by atoms with van der Waals surface area (Å²) < 4.78 is 11.0. The van der Waals surface area contributed by atoms with Crippen molar-refractivity contribution in [2.24, 2.45) is 0 Å². The van der Waals surface area contributed by atoms with Gasteiger partial charge >= 0.3 is 5.97 Å². The number of ether oxygens (including phenoxy) is 2. The SMILES string of the molecule is COc1c(Cl)cc(C2(C(=O)O)CCCCC2)c(C(C)C)c1OC. The zero-order chi connectivity index (χ0) is 17.2. The summed E-state index contributed by atoms with van der Waals surface area (Å²) in [6.45, 7) is 4.07. The molecule has 1 aliphatic rings. The normalized spacial score (nSPS) is 17.1. The predicted octanol–water partition coefficient (Wildman–Crippen LogP) is 4.77. The Labute approximate surface area is 142 Å². The molecule has 0 aromatic heterocycles. The second kappa shape index (κ2) is 7.00. The van der Waals surface area contributed by atoms with E-state index in [2.05, 4.69) is 0 Å². The molecule has 1 fully saturated rings. The molecule has 5 heteroatoms. The first kappa shape index (κ1) is 17.9. The third-order valence-electron chi connectivity index (χ3n) is 4.85. The second-order valence-electron chi connectivity index (χ2n) is 6.49. The molecule has 0 bridgehead atoms. The second-order valence-corrected chi connectivity index (χ2v) is 6.90. The van der Waals surface area contributed by atoms with Crippen LogP contribution in [0.5, 0.6) is 11.5 Å². The molecule has 4 nitrogen and oxygen atoms in total. The molecule has 0 atom stereocenters. The van der Waals surface area contributed by atoms with Crippen molar-refractivity contribution in [1.29, 1.82) is 0 Å². The largest absolute Gasteiger partial charge is 0.492 e. The zero-order valence-corrected chi connectivity index (χ0v) is 15.0. The Morgan fingerprint density at radius 1 is 1.17 bits per heavy atom. The molecule has 128 valence electrons. The highest BCUT2D eigenvalue weighted by Crippen LogP contribution is 2.50. The number of halogens is 1. The van der Waals surface area contributed by atoms with Crippen molar-refractivity contribution in [2.45, 2.75) is 57.3 Å². The van der Waals surface area contributed by atoms with Crippen LogP contribution in [-0.4, -0.2) is 25.3 Å². The van der Waals surface area contributed by atoms with E-state index in [1.165, 1.54) is 0 Å². The molecule has 1 aromatic rings. The van der Waals surface area contributed by atoms with E-state index >= 15 is 0 Å². The molecule has 2 rings (SSSR count). The minimum Gasteiger partial charge on any atom is -0.492 e. The molecule has 1 saturated carbocycles. The van der Waals surface area contributed by atoms with Crippen LogP contribution in [0, 0.1) is 0 Å². The van der Waals surface area contributed by atoms with Crippen molar-refractivity contribution < 1.29 is 19.4 Å². The third-order valence-corrected chi connectivity index (χ3v) is 5.13. The standard InChI is InChI=1S/C18H25ClO4/c1-11(2)14-12(10-13(19)15(22-3)16(14)23-4)18(17(20)21)8-6-5-7-9-18/h10-11H,5-9H2,1-4H3,(H,20,21). The summed E-state index contributed by atoms with van der Waals surface area (Å²) in [4.78, 5) is 12.2. The highest BCUT2D eigenvalue weighted by atomic mass is 35.5. The highest BCUT2D eigenvalue weighted by Gasteiger charge is 2.44. The Hall–Kier alpha value is -1.42. The molecule has 0 amide bonds. The van der Waals surface area contributed by atoms with Gasteiger partial charge in [-0.15, -0.1) is 0 Å². The van der Waals surface area contributed by atoms with Crippen molar-refractivity contribution in [3.8, 4) is 11.5 Å². The van der Waals surface area contributed by atoms with Gasteiger partial charge in [-0.2, -0.15) is 0 Å². The van der Waals surface area contributed by atoms with Crippen LogP contribution in [0.2, 0.25) is 5.02 Å². The summed E-state index contributed by atoms with van der Waals surface area (Å²) in [5.74, 6) is 0.348. The molecule has 1 aliphatic carbocycles. The van der Waals surface area contributed by atoms with Gasteiger partial charge in [-0.05, 0) is 30.4 Å². The maximum Gasteiger partial charge on any atom is 0.314 e. The molecular weight excluding hydrogens is 316 g/mol. The van der Waals surface area contributed by atoms with Crippen molar-refractivity contribution in [3.63, 3.8) is 0 Å². The number of carboxylic acid groups (broad SMARTS) is 1. The van der Waals surface area contributed by atoms with Gasteiger partial charge in [0, 0.05) is 5.56 Å². The maximum absolute atomic E-state index is 12.2. The van der Waals surface area contributed by atoms with Gasteiger partial charge in [0.2, 0.25) is 0 Å². The van der Waals surface area contributed by atoms with Crippen LogP contribution in [0.3, 0.4) is 0 Å². The summed E-state index contributed by atoms with van der Waals surface area (Å²) >= 11 is 6.38. The van der Waals surface area contributed by atoms with E-state index in [0.717, 1.165) is 30.4 Å². The minimum atomic E-state index is -0.888. The Bertz CT molecular complexity index is 589. The molecule has 0 saturated heterocycles. The molecule has 23 heavy (non-hydrogen) atoms. The average Bonchev–Trinajstić information content (AvgIpc) is 2.53. The first-order valence-electron chi connectivity index (χ1n) is 8.07. The molecule has 0 radical (unpaired) electrons. The monoisotopic (exact) mass is 340 g/mol. The fourth-order valence-electron chi connectivity index (χ4n) is 3.74. The van der Waals surface area contributed by atoms with E-state index < -0.39 is 11.4 Å². The van der Waals surface area contributed by atoms with Crippen LogP contribution in [-0.2, 0) is 10.2 Å². The molecule has 0 heterocycles. The number of carboxylic acids is 1. The van der Waals surface area contributed by atoms with Gasteiger partial charge in [-0.1, -0.05) is 44.7 Å². The summed E-state index contributed by atoms with van der Waals surface area (Å²) in [6, 6.07) is 1.78. The molecule has 0 aliphatic heterocycles. The van der Waals surface area contributed by atoms with Gasteiger partial charge in [-0.3, -0.25) is 4.79 Å². The van der Waals surface area contributed by atoms with E-state index in [0.29, 0.717) is 29.4 Å². The first-order chi connectivity index (χ1) is 10.9. The summed E-state index contributed by atoms with van der Waals surface area (Å²) in [5, 5.41) is 10.4. The molecule has 1 N–H and O–H groups in total. The molecule has 1 aromatic carbocycles. The molecule has 0 unspecified atom stereocenters. The van der Waals surface area contributed by atoms with E-state index in [-0.39, 0.29) is 5.92 Å². The van der Waals surface area contributed by atoms with Crippen LogP contribution in [0.25, 0.3) is 0 Å². The van der Waals surface area contributed by atoms with Gasteiger partial charge in [0.25, 0.3) is 0 Å². The van der Waals surface area contributed by atoms with Crippen molar-refractivity contribution in [1.82, 2.24) is 0 Å². The van der Waals surface area contributed by atoms with Crippen LogP contribution in [0.4, 0.5) is 0 Å². The van der Waals surface area contributed by atoms with Gasteiger partial charge < -0.3 is 14.6 Å². The third kappa shape index (κ3) is 3.01. The topological polar surface area (TPSA) is 55.8 Å². The van der Waals surface area contributed by atoms with E-state index in [1.54, 1.807) is 20.3 Å². The van der Waals surface area contributed by atoms with Gasteiger partial charge in [0.05, 0.1) is 24.7 Å². The number of methoxy groups -OCH3 is 2. The van der Waals surface area contributed by atoms with Crippen LogP contribution in [0.1, 0.15) is 63.0 Å². The summed E-state index contributed by atoms with van der Waals surface area (Å²) in [5.41, 5.74) is 0.779. The van der Waals surface area contributed by atoms with Crippen molar-refractivity contribution in [2.75, 3.05) is 14.2 Å². The lowest BCUT2D eigenvalue weighted by Crippen LogP contribution is -2.39. The number of aliphatic carboxylic acids is 1. The molecule has 0 spiro atoms. The lowest BCUT2D eigenvalue weighted by Gasteiger charge is -2.36. The van der Waals surface area contributed by atoms with Crippen LogP contribution >= 0.6 is 11.6 Å². The van der Waals surface area contributed by atoms with Gasteiger partial charge in [0.15, 0.2) is 11.5 Å². The Morgan fingerprint density at radius 3 is 2.17 bits per heavy atom. The number of hydrogen-bond donors (Lipinski definition) is 1. The Morgan fingerprint density at radius 2 is 1.74 bits per heavy atom. The fourth-order valence-corrected chi connectivity index (χ4v) is 4.01. The Balaban J connectivity index is 2.79. The smallest absolute Gasteiger partial charge is 0.314 e. The van der Waals surface area contributed by atoms with E-state index in [9.17, 15) is 9.90 Å². The van der Waals surface area contributed by atoms with E-state index in [4.69, 9.17) is 21.1 Å². The maximum atomic E-state index is 12.2. The van der Waals surface area contributed by atoms with E-state index in [1.807, 2.05) is 13.8 Å². The fraction of sp³-hybridized carbons (Fsp3) is 0.611. The number of benzene rings is 1. The predicted molar refractivity (Wildman–Crippen MR) is 91.0 cm³/mol.